The van der Waals surface area contributed by atoms with Crippen molar-refractivity contribution in [3.63, 3.8) is 0 Å². The second-order valence-electron chi connectivity index (χ2n) is 4.29. The van der Waals surface area contributed by atoms with E-state index in [1.807, 2.05) is 0 Å². The first-order chi connectivity index (χ1) is 8.70. The lowest BCUT2D eigenvalue weighted by Crippen LogP contribution is -2.14. The van der Waals surface area contributed by atoms with Gasteiger partial charge in [0.2, 0.25) is 0 Å². The molecule has 1 aliphatic rings. The normalized spacial score (nSPS) is 18.6. The van der Waals surface area contributed by atoms with Gasteiger partial charge in [-0.25, -0.2) is 4.79 Å². The minimum atomic E-state index is -0.423. The van der Waals surface area contributed by atoms with Crippen LogP contribution in [0.4, 0.5) is 5.69 Å². The van der Waals surface area contributed by atoms with Gasteiger partial charge in [-0.3, -0.25) is 0 Å². The molecule has 1 unspecified atom stereocenters. The molecule has 1 atom stereocenters. The minimum absolute atomic E-state index is 0.372. The summed E-state index contributed by atoms with van der Waals surface area (Å²) in [5.41, 5.74) is 6.65. The molecule has 18 heavy (non-hydrogen) atoms. The molecule has 0 radical (unpaired) electrons. The molecule has 98 valence electrons. The van der Waals surface area contributed by atoms with Crippen molar-refractivity contribution in [3.8, 4) is 5.75 Å². The van der Waals surface area contributed by atoms with Crippen LogP contribution in [0.2, 0.25) is 0 Å². The summed E-state index contributed by atoms with van der Waals surface area (Å²) in [6.45, 7) is 2.00. The first kappa shape index (κ1) is 12.7. The van der Waals surface area contributed by atoms with E-state index in [0.717, 1.165) is 13.0 Å². The number of rotatable bonds is 4. The van der Waals surface area contributed by atoms with E-state index in [0.29, 0.717) is 36.1 Å². The monoisotopic (exact) mass is 251 g/mol. The summed E-state index contributed by atoms with van der Waals surface area (Å²) in [7, 11) is 1.34. The van der Waals surface area contributed by atoms with Gasteiger partial charge in [-0.15, -0.1) is 0 Å². The van der Waals surface area contributed by atoms with Gasteiger partial charge < -0.3 is 19.9 Å². The van der Waals surface area contributed by atoms with E-state index in [2.05, 4.69) is 0 Å². The predicted molar refractivity (Wildman–Crippen MR) is 66.6 cm³/mol. The summed E-state index contributed by atoms with van der Waals surface area (Å²) < 4.78 is 15.6. The van der Waals surface area contributed by atoms with Crippen LogP contribution in [0.1, 0.15) is 16.8 Å². The quantitative estimate of drug-likeness (QED) is 0.648. The van der Waals surface area contributed by atoms with Crippen LogP contribution in [0.25, 0.3) is 0 Å². The lowest BCUT2D eigenvalue weighted by atomic mass is 10.1. The number of hydrogen-bond acceptors (Lipinski definition) is 5. The molecule has 1 aliphatic heterocycles. The molecular formula is C13H17NO4. The van der Waals surface area contributed by atoms with Gasteiger partial charge in [0.05, 0.1) is 20.3 Å². The highest BCUT2D eigenvalue weighted by atomic mass is 16.5. The van der Waals surface area contributed by atoms with E-state index in [-0.39, 0.29) is 0 Å². The number of methoxy groups -OCH3 is 1. The van der Waals surface area contributed by atoms with Crippen molar-refractivity contribution in [2.24, 2.45) is 5.92 Å². The van der Waals surface area contributed by atoms with Crippen LogP contribution in [0.15, 0.2) is 18.2 Å². The number of carbonyl (C=O) groups excluding carboxylic acids is 1. The zero-order valence-corrected chi connectivity index (χ0v) is 10.3. The molecule has 0 spiro atoms. The second-order valence-corrected chi connectivity index (χ2v) is 4.29. The fourth-order valence-electron chi connectivity index (χ4n) is 1.86. The number of nitrogens with two attached hydrogens (primary N) is 1. The molecule has 0 aromatic heterocycles. The van der Waals surface area contributed by atoms with Crippen LogP contribution in [0, 0.1) is 5.92 Å². The van der Waals surface area contributed by atoms with Crippen molar-refractivity contribution in [1.82, 2.24) is 0 Å². The summed E-state index contributed by atoms with van der Waals surface area (Å²) in [4.78, 5) is 11.6. The number of anilines is 1. The Labute approximate surface area is 106 Å². The Hall–Kier alpha value is -1.75. The number of nitrogen functional groups attached to an aromatic ring is 1. The fraction of sp³-hybridized carbons (Fsp3) is 0.462. The third-order valence-corrected chi connectivity index (χ3v) is 2.91. The van der Waals surface area contributed by atoms with Crippen molar-refractivity contribution >= 4 is 11.7 Å². The molecule has 1 heterocycles. The molecule has 1 saturated heterocycles. The molecule has 1 aromatic rings. The first-order valence-corrected chi connectivity index (χ1v) is 5.89. The number of esters is 1. The summed E-state index contributed by atoms with van der Waals surface area (Å²) in [6, 6.07) is 4.90. The molecular weight excluding hydrogens is 234 g/mol. The first-order valence-electron chi connectivity index (χ1n) is 5.89. The van der Waals surface area contributed by atoms with E-state index in [1.165, 1.54) is 7.11 Å². The van der Waals surface area contributed by atoms with Gasteiger partial charge in [0, 0.05) is 24.3 Å². The zero-order valence-electron chi connectivity index (χ0n) is 10.3. The zero-order chi connectivity index (χ0) is 13.0. The molecule has 0 saturated carbocycles. The lowest BCUT2D eigenvalue weighted by molar-refractivity contribution is 0.0595. The third-order valence-electron chi connectivity index (χ3n) is 2.91. The Morgan fingerprint density at radius 3 is 3.06 bits per heavy atom. The molecule has 0 amide bonds. The van der Waals surface area contributed by atoms with E-state index in [1.54, 1.807) is 18.2 Å². The van der Waals surface area contributed by atoms with Crippen LogP contribution >= 0.6 is 0 Å². The van der Waals surface area contributed by atoms with Gasteiger partial charge in [-0.05, 0) is 18.6 Å². The molecule has 1 aromatic carbocycles. The van der Waals surface area contributed by atoms with Crippen molar-refractivity contribution < 1.29 is 19.0 Å². The van der Waals surface area contributed by atoms with E-state index >= 15 is 0 Å². The maximum Gasteiger partial charge on any atom is 0.341 e. The standard InChI is InChI=1S/C13H17NO4/c1-16-13(15)11-3-2-10(14)6-12(11)18-8-9-4-5-17-7-9/h2-3,6,9H,4-5,7-8,14H2,1H3. The highest BCUT2D eigenvalue weighted by Gasteiger charge is 2.19. The largest absolute Gasteiger partial charge is 0.492 e. The summed E-state index contributed by atoms with van der Waals surface area (Å²) in [6.07, 6.45) is 0.982. The van der Waals surface area contributed by atoms with E-state index < -0.39 is 5.97 Å². The average Bonchev–Trinajstić information content (AvgIpc) is 2.88. The van der Waals surface area contributed by atoms with Gasteiger partial charge in [0.25, 0.3) is 0 Å². The van der Waals surface area contributed by atoms with Gasteiger partial charge in [-0.2, -0.15) is 0 Å². The minimum Gasteiger partial charge on any atom is -0.492 e. The maximum absolute atomic E-state index is 11.6. The predicted octanol–water partition coefficient (Wildman–Crippen LogP) is 1.47. The molecule has 2 N–H and O–H groups in total. The van der Waals surface area contributed by atoms with Crippen molar-refractivity contribution in [2.45, 2.75) is 6.42 Å². The van der Waals surface area contributed by atoms with Crippen molar-refractivity contribution in [2.75, 3.05) is 32.7 Å². The average molecular weight is 251 g/mol. The molecule has 2 rings (SSSR count). The Bertz CT molecular complexity index is 427. The van der Waals surface area contributed by atoms with Crippen LogP contribution in [-0.4, -0.2) is 32.9 Å². The number of ether oxygens (including phenoxy) is 3. The topological polar surface area (TPSA) is 70.8 Å². The second kappa shape index (κ2) is 5.73. The van der Waals surface area contributed by atoms with Gasteiger partial charge in [-0.1, -0.05) is 0 Å². The van der Waals surface area contributed by atoms with E-state index in [4.69, 9.17) is 19.9 Å². The smallest absolute Gasteiger partial charge is 0.341 e. The summed E-state index contributed by atoms with van der Waals surface area (Å²) >= 11 is 0. The van der Waals surface area contributed by atoms with Crippen molar-refractivity contribution in [1.29, 1.82) is 0 Å². The Kier molecular flexibility index (Phi) is 4.04. The molecule has 1 fully saturated rings. The SMILES string of the molecule is COC(=O)c1ccc(N)cc1OCC1CCOC1. The highest BCUT2D eigenvalue weighted by Crippen LogP contribution is 2.24. The number of benzene rings is 1. The highest BCUT2D eigenvalue weighted by molar-refractivity contribution is 5.93. The molecule has 0 aliphatic carbocycles. The lowest BCUT2D eigenvalue weighted by Gasteiger charge is -2.13. The summed E-state index contributed by atoms with van der Waals surface area (Å²) in [5, 5.41) is 0. The van der Waals surface area contributed by atoms with Gasteiger partial charge in [0.15, 0.2) is 0 Å². The van der Waals surface area contributed by atoms with Crippen LogP contribution in [0.5, 0.6) is 5.75 Å². The number of hydrogen-bond donors (Lipinski definition) is 1. The molecule has 5 nitrogen and oxygen atoms in total. The summed E-state index contributed by atoms with van der Waals surface area (Å²) in [5.74, 6) is 0.415. The van der Waals surface area contributed by atoms with E-state index in [9.17, 15) is 4.79 Å². The Morgan fingerprint density at radius 1 is 1.56 bits per heavy atom. The van der Waals surface area contributed by atoms with Crippen molar-refractivity contribution in [3.05, 3.63) is 23.8 Å². The van der Waals surface area contributed by atoms with Gasteiger partial charge in [0.1, 0.15) is 11.3 Å². The molecule has 0 bridgehead atoms. The van der Waals surface area contributed by atoms with Crippen LogP contribution in [-0.2, 0) is 9.47 Å². The van der Waals surface area contributed by atoms with Crippen LogP contribution in [0.3, 0.4) is 0 Å². The third kappa shape index (κ3) is 2.92. The van der Waals surface area contributed by atoms with Crippen LogP contribution < -0.4 is 10.5 Å². The fourth-order valence-corrected chi connectivity index (χ4v) is 1.86. The number of carbonyl (C=O) groups is 1. The Balaban J connectivity index is 2.08. The molecule has 5 heteroatoms. The maximum atomic E-state index is 11.6. The van der Waals surface area contributed by atoms with Gasteiger partial charge >= 0.3 is 5.97 Å². The Morgan fingerprint density at radius 2 is 2.39 bits per heavy atom.